The molecule has 0 spiro atoms. The summed E-state index contributed by atoms with van der Waals surface area (Å²) in [6, 6.07) is 0. The molecule has 4 saturated carbocycles. The van der Waals surface area contributed by atoms with E-state index in [4.69, 9.17) is 27.9 Å². The Kier molecular flexibility index (Phi) is 4.09. The van der Waals surface area contributed by atoms with E-state index in [0.29, 0.717) is 0 Å². The van der Waals surface area contributed by atoms with Gasteiger partial charge in [-0.1, -0.05) is 58.5 Å². The number of aliphatic hydroxyl groups excluding tert-OH is 1. The van der Waals surface area contributed by atoms with Crippen LogP contribution in [-0.4, -0.2) is 53.3 Å². The molecule has 1 heterocycles. The van der Waals surface area contributed by atoms with Crippen LogP contribution < -0.4 is 0 Å². The molecule has 214 valence electrons. The van der Waals surface area contributed by atoms with Crippen molar-refractivity contribution in [3.05, 3.63) is 23.8 Å². The van der Waals surface area contributed by atoms with Crippen LogP contribution in [0.15, 0.2) is 23.8 Å². The second-order valence-corrected chi connectivity index (χ2v) is 12.3. The molecule has 6 rings (SSSR count). The molecule has 7 nitrogen and oxygen atoms in total. The molecule has 1 unspecified atom stereocenters. The standard InChI is InChI=1S/C32H44O7/c1-18(2)28(36)37-17-25(35)32-26(38-29(39-32)19-8-6-5-7-9-19)15-23-22-11-10-20-14-21(33)12-13-30(20,3)27(22)24(34)16-31(23,32)4/h12-14,18-19,22-24,26-27,29,34H,5-11,15-17H2,1-4H3/t22-,23-,24-,26+,27+,29+,30-,31-,32+/m0/s1/i5D2,6D2,7D2,8D2,10D2,19D,29D/t19?,22-,23-,24-,26+,27+,29+,30-,31-,32+. The summed E-state index contributed by atoms with van der Waals surface area (Å²) in [7, 11) is 0. The van der Waals surface area contributed by atoms with Gasteiger partial charge in [0, 0.05) is 37.7 Å². The Labute approximate surface area is 248 Å². The summed E-state index contributed by atoms with van der Waals surface area (Å²) in [5.41, 5.74) is -4.82. The van der Waals surface area contributed by atoms with E-state index in [1.165, 1.54) is 26.0 Å². The molecule has 0 radical (unpaired) electrons. The summed E-state index contributed by atoms with van der Waals surface area (Å²) in [6.07, 6.45) is -20.0. The van der Waals surface area contributed by atoms with Gasteiger partial charge in [-0.15, -0.1) is 0 Å². The van der Waals surface area contributed by atoms with Crippen molar-refractivity contribution >= 4 is 17.5 Å². The van der Waals surface area contributed by atoms with Crippen LogP contribution in [0.2, 0.25) is 0 Å². The lowest BCUT2D eigenvalue weighted by molar-refractivity contribution is -0.210. The minimum atomic E-state index is -3.71. The van der Waals surface area contributed by atoms with E-state index >= 15 is 0 Å². The highest BCUT2D eigenvalue weighted by atomic mass is 16.7. The van der Waals surface area contributed by atoms with Gasteiger partial charge in [0.15, 0.2) is 24.3 Å². The molecule has 1 aliphatic heterocycles. The second kappa shape index (κ2) is 9.63. The molecule has 6 aliphatic rings. The van der Waals surface area contributed by atoms with E-state index < -0.39 is 127 Å². The number of rotatable bonds is 5. The summed E-state index contributed by atoms with van der Waals surface area (Å²) < 4.78 is 122. The molecule has 7 heteroatoms. The van der Waals surface area contributed by atoms with E-state index in [9.17, 15) is 22.2 Å². The van der Waals surface area contributed by atoms with Gasteiger partial charge in [0.2, 0.25) is 5.78 Å². The Morgan fingerprint density at radius 1 is 1.26 bits per heavy atom. The van der Waals surface area contributed by atoms with E-state index in [2.05, 4.69) is 0 Å². The van der Waals surface area contributed by atoms with Gasteiger partial charge in [-0.3, -0.25) is 14.4 Å². The molecule has 5 aliphatic carbocycles. The maximum atomic E-state index is 14.6. The van der Waals surface area contributed by atoms with Crippen LogP contribution in [0.25, 0.3) is 0 Å². The largest absolute Gasteiger partial charge is 0.457 e. The summed E-state index contributed by atoms with van der Waals surface area (Å²) in [6.45, 7) is 5.46. The van der Waals surface area contributed by atoms with Crippen LogP contribution in [0.4, 0.5) is 0 Å². The maximum absolute atomic E-state index is 14.6. The minimum Gasteiger partial charge on any atom is -0.457 e. The van der Waals surface area contributed by atoms with Gasteiger partial charge >= 0.3 is 5.97 Å². The number of fused-ring (bicyclic) bond motifs is 7. The fourth-order valence-corrected chi connectivity index (χ4v) is 8.07. The van der Waals surface area contributed by atoms with Crippen molar-refractivity contribution < 1.29 is 50.1 Å². The summed E-state index contributed by atoms with van der Waals surface area (Å²) >= 11 is 0. The lowest BCUT2D eigenvalue weighted by atomic mass is 9.46. The highest BCUT2D eigenvalue weighted by molar-refractivity contribution is 6.01. The fraction of sp³-hybridized carbons (Fsp3) is 0.781. The highest BCUT2D eigenvalue weighted by Gasteiger charge is 2.76. The molecule has 0 bridgehead atoms. The number of carbonyl (C=O) groups is 3. The highest BCUT2D eigenvalue weighted by Crippen LogP contribution is 2.70. The van der Waals surface area contributed by atoms with E-state index in [1.807, 2.05) is 0 Å². The average Bonchev–Trinajstić information content (AvgIpc) is 3.43. The number of carbonyl (C=O) groups excluding carboxylic acids is 3. The van der Waals surface area contributed by atoms with Gasteiger partial charge < -0.3 is 19.3 Å². The second-order valence-electron chi connectivity index (χ2n) is 12.3. The Hall–Kier alpha value is -1.83. The zero-order valence-corrected chi connectivity index (χ0v) is 22.6. The Morgan fingerprint density at radius 3 is 2.82 bits per heavy atom. The predicted molar refractivity (Wildman–Crippen MR) is 143 cm³/mol. The molecule has 1 saturated heterocycles. The zero-order valence-electron chi connectivity index (χ0n) is 34.6. The minimum absolute atomic E-state index is 0.150. The van der Waals surface area contributed by atoms with Crippen LogP contribution in [0.1, 0.15) is 102 Å². The van der Waals surface area contributed by atoms with E-state index in [-0.39, 0.29) is 24.8 Å². The van der Waals surface area contributed by atoms with Crippen molar-refractivity contribution in [3.63, 3.8) is 0 Å². The number of allylic oxidation sites excluding steroid dienone is 4. The molecular formula is C32H44O7. The quantitative estimate of drug-likeness (QED) is 0.494. The van der Waals surface area contributed by atoms with E-state index in [1.54, 1.807) is 19.9 Å². The van der Waals surface area contributed by atoms with Crippen molar-refractivity contribution in [2.24, 2.45) is 40.4 Å². The van der Waals surface area contributed by atoms with Crippen LogP contribution in [-0.2, 0) is 28.6 Å². The van der Waals surface area contributed by atoms with Crippen molar-refractivity contribution in [1.82, 2.24) is 0 Å². The Bertz CT molecular complexity index is 1630. The summed E-state index contributed by atoms with van der Waals surface area (Å²) in [4.78, 5) is 39.5. The van der Waals surface area contributed by atoms with Gasteiger partial charge in [-0.25, -0.2) is 0 Å². The van der Waals surface area contributed by atoms with Gasteiger partial charge in [-0.2, -0.15) is 0 Å². The van der Waals surface area contributed by atoms with Crippen LogP contribution in [0.3, 0.4) is 0 Å². The van der Waals surface area contributed by atoms with Crippen molar-refractivity contribution in [1.29, 1.82) is 0 Å². The molecule has 0 aromatic heterocycles. The third kappa shape index (κ3) is 3.97. The number of Topliss-reactive ketones (excluding diaryl/α,β-unsaturated/α-hetero) is 1. The average molecular weight is 553 g/mol. The molecule has 1 N–H and O–H groups in total. The molecule has 10 atom stereocenters. The first-order valence-corrected chi connectivity index (χ1v) is 13.7. The Balaban J connectivity index is 1.49. The van der Waals surface area contributed by atoms with Crippen molar-refractivity contribution in [2.75, 3.05) is 6.61 Å². The molecular weight excluding hydrogens is 496 g/mol. The first-order valence-electron chi connectivity index (χ1n) is 19.7. The normalized spacial score (nSPS) is 61.4. The number of hydrogen-bond donors (Lipinski definition) is 1. The monoisotopic (exact) mass is 552 g/mol. The van der Waals surface area contributed by atoms with E-state index in [0.717, 1.165) is 0 Å². The zero-order chi connectivity index (χ0) is 38.6. The number of esters is 1. The molecule has 0 aromatic rings. The van der Waals surface area contributed by atoms with Gasteiger partial charge in [0.05, 0.1) is 19.5 Å². The smallest absolute Gasteiger partial charge is 0.308 e. The number of ketones is 2. The lowest BCUT2D eigenvalue weighted by Crippen LogP contribution is -2.63. The van der Waals surface area contributed by atoms with Gasteiger partial charge in [-0.05, 0) is 62.4 Å². The third-order valence-corrected chi connectivity index (χ3v) is 9.91. The van der Waals surface area contributed by atoms with Crippen molar-refractivity contribution in [2.45, 2.75) is 109 Å². The summed E-state index contributed by atoms with van der Waals surface area (Å²) in [5.74, 6) is -8.12. The van der Waals surface area contributed by atoms with Gasteiger partial charge in [0.1, 0.15) is 0 Å². The maximum Gasteiger partial charge on any atom is 0.308 e. The Morgan fingerprint density at radius 2 is 2.05 bits per heavy atom. The first kappa shape index (κ1) is 16.6. The molecule has 5 fully saturated rings. The molecule has 0 amide bonds. The third-order valence-electron chi connectivity index (χ3n) is 9.91. The van der Waals surface area contributed by atoms with Crippen LogP contribution >= 0.6 is 0 Å². The topological polar surface area (TPSA) is 99.1 Å². The van der Waals surface area contributed by atoms with Gasteiger partial charge in [0.25, 0.3) is 0 Å². The summed E-state index contributed by atoms with van der Waals surface area (Å²) in [5, 5.41) is 12.0. The molecule has 39 heavy (non-hydrogen) atoms. The van der Waals surface area contributed by atoms with Crippen LogP contribution in [0, 0.1) is 40.4 Å². The molecule has 0 aromatic carbocycles. The van der Waals surface area contributed by atoms with Crippen LogP contribution in [0.5, 0.6) is 0 Å². The fourth-order valence-electron chi connectivity index (χ4n) is 8.07. The lowest BCUT2D eigenvalue weighted by Gasteiger charge is -2.59. The first-order chi connectivity index (χ1) is 22.9. The number of ether oxygens (including phenoxy) is 3. The predicted octanol–water partition coefficient (Wildman–Crippen LogP) is 4.70. The number of aliphatic hydroxyl groups is 1. The number of hydrogen-bond acceptors (Lipinski definition) is 7. The van der Waals surface area contributed by atoms with Crippen molar-refractivity contribution in [3.8, 4) is 0 Å². The SMILES string of the molecule is [2H]C1([2H])C[C@@H]2[C@H]([C@@H](O)C[C@@]3(C)[C@H]2C[C@H]2O[C@@]([2H])(C4([2H])CC([2H])([2H])C([2H])([2H])C([2H])([2H])C4([2H])[2H])O[C@]23C(=O)COC(=O)C(C)C)[C@@]2(C)C=CC(=O)C=C12.